The molecule has 1 saturated heterocycles. The Hall–Kier alpha value is -5.24. The fraction of sp³-hybridized carbons (Fsp3) is 0.310. The number of rotatable bonds is 6. The molecular formula is C29H34N4O10. The van der Waals surface area contributed by atoms with E-state index in [0.29, 0.717) is 6.54 Å². The molecule has 1 aliphatic heterocycles. The van der Waals surface area contributed by atoms with Crippen molar-refractivity contribution in [3.63, 3.8) is 0 Å². The van der Waals surface area contributed by atoms with E-state index < -0.39 is 23.9 Å². The number of aromatic nitrogens is 1. The van der Waals surface area contributed by atoms with Gasteiger partial charge < -0.3 is 35.4 Å². The van der Waals surface area contributed by atoms with E-state index in [1.54, 1.807) is 7.11 Å². The molecule has 0 unspecified atom stereocenters. The Labute approximate surface area is 247 Å². The van der Waals surface area contributed by atoms with Crippen LogP contribution in [0.3, 0.4) is 0 Å². The number of piperazine rings is 1. The lowest BCUT2D eigenvalue weighted by Gasteiger charge is -2.36. The summed E-state index contributed by atoms with van der Waals surface area (Å²) in [6.45, 7) is 7.92. The highest BCUT2D eigenvalue weighted by Gasteiger charge is 2.22. The van der Waals surface area contributed by atoms with Crippen molar-refractivity contribution in [3.05, 3.63) is 59.8 Å². The number of pyridine rings is 1. The minimum atomic E-state index is -1.82. The first-order valence-electron chi connectivity index (χ1n) is 13.1. The molecule has 230 valence electrons. The maximum absolute atomic E-state index is 12.9. The van der Waals surface area contributed by atoms with Gasteiger partial charge in [-0.1, -0.05) is 37.3 Å². The summed E-state index contributed by atoms with van der Waals surface area (Å²) in [7, 11) is 1.70. The topological polar surface area (TPSA) is 207 Å². The number of amides is 1. The number of aliphatic carboxylic acids is 4. The molecule has 0 atom stereocenters. The van der Waals surface area contributed by atoms with E-state index in [1.807, 2.05) is 49.4 Å². The molecule has 14 nitrogen and oxygen atoms in total. The third-order valence-electron chi connectivity index (χ3n) is 6.37. The molecule has 0 radical (unpaired) electrons. The van der Waals surface area contributed by atoms with Crippen molar-refractivity contribution in [2.45, 2.75) is 20.3 Å². The zero-order valence-corrected chi connectivity index (χ0v) is 23.9. The first-order valence-corrected chi connectivity index (χ1v) is 13.1. The van der Waals surface area contributed by atoms with Crippen molar-refractivity contribution in [2.75, 3.05) is 50.1 Å². The number of para-hydroxylation sites is 3. The molecule has 2 heterocycles. The van der Waals surface area contributed by atoms with Crippen LogP contribution in [0.1, 0.15) is 18.2 Å². The van der Waals surface area contributed by atoms with Crippen LogP contribution in [0.2, 0.25) is 0 Å². The average Bonchev–Trinajstić information content (AvgIpc) is 2.99. The number of carbonyl (C=O) groups excluding carboxylic acids is 1. The molecule has 3 aromatic rings. The Bertz CT molecular complexity index is 1420. The number of anilines is 2. The molecule has 4 rings (SSSR count). The summed E-state index contributed by atoms with van der Waals surface area (Å²) in [4.78, 5) is 58.6. The second kappa shape index (κ2) is 16.3. The lowest BCUT2D eigenvalue weighted by molar-refractivity contribution is -0.159. The lowest BCUT2D eigenvalue weighted by atomic mass is 10.1. The number of hydrogen-bond donors (Lipinski definition) is 5. The molecule has 0 saturated carbocycles. The number of benzene rings is 2. The van der Waals surface area contributed by atoms with Gasteiger partial charge in [-0.3, -0.25) is 14.7 Å². The van der Waals surface area contributed by atoms with Crippen molar-refractivity contribution in [2.24, 2.45) is 0 Å². The Balaban J connectivity index is 0.000000455. The second-order valence-corrected chi connectivity index (χ2v) is 9.13. The molecule has 5 N–H and O–H groups in total. The summed E-state index contributed by atoms with van der Waals surface area (Å²) in [6, 6.07) is 16.1. The summed E-state index contributed by atoms with van der Waals surface area (Å²) >= 11 is 0. The molecule has 1 fully saturated rings. The number of aryl methyl sites for hydroxylation is 1. The highest BCUT2D eigenvalue weighted by atomic mass is 16.5. The van der Waals surface area contributed by atoms with Crippen LogP contribution in [-0.4, -0.2) is 99.9 Å². The van der Waals surface area contributed by atoms with Gasteiger partial charge in [-0.15, -0.1) is 0 Å². The van der Waals surface area contributed by atoms with Gasteiger partial charge in [0.25, 0.3) is 0 Å². The third-order valence-corrected chi connectivity index (χ3v) is 6.37. The zero-order valence-electron chi connectivity index (χ0n) is 23.9. The summed E-state index contributed by atoms with van der Waals surface area (Å²) in [5.41, 5.74) is 5.00. The van der Waals surface area contributed by atoms with Crippen molar-refractivity contribution in [3.8, 4) is 5.75 Å². The van der Waals surface area contributed by atoms with Gasteiger partial charge in [0.05, 0.1) is 30.5 Å². The Morgan fingerprint density at radius 3 is 1.91 bits per heavy atom. The van der Waals surface area contributed by atoms with E-state index in [4.69, 9.17) is 49.3 Å². The van der Waals surface area contributed by atoms with Crippen LogP contribution in [0.25, 0.3) is 10.9 Å². The number of carbonyl (C=O) groups is 5. The summed E-state index contributed by atoms with van der Waals surface area (Å²) < 4.78 is 5.50. The Morgan fingerprint density at radius 1 is 0.837 bits per heavy atom. The fourth-order valence-electron chi connectivity index (χ4n) is 4.28. The minimum absolute atomic E-state index is 0.0206. The van der Waals surface area contributed by atoms with Gasteiger partial charge >= 0.3 is 23.9 Å². The molecule has 1 aromatic heterocycles. The van der Waals surface area contributed by atoms with Gasteiger partial charge in [0.2, 0.25) is 5.91 Å². The quantitative estimate of drug-likeness (QED) is 0.258. The van der Waals surface area contributed by atoms with Crippen molar-refractivity contribution in [1.29, 1.82) is 0 Å². The first-order chi connectivity index (χ1) is 20.4. The van der Waals surface area contributed by atoms with E-state index in [2.05, 4.69) is 28.1 Å². The molecule has 0 spiro atoms. The summed E-state index contributed by atoms with van der Waals surface area (Å²) in [6.07, 6.45) is 0.838. The maximum atomic E-state index is 12.9. The molecule has 2 aromatic carbocycles. The standard InChI is InChI=1S/C25H30N4O2.2C2H2O4/c1-4-20-18(2)25(19-9-5-6-10-21(19)26-20)27-24(30)17-28-13-15-29(16-14-28)22-11-7-8-12-23(22)31-3;2*3-1(4)2(5)6/h5-12H,4,13-17H2,1-3H3,(H,26,27,30);2*(H,3,4)(H,5,6). The monoisotopic (exact) mass is 598 g/mol. The highest BCUT2D eigenvalue weighted by Crippen LogP contribution is 2.29. The van der Waals surface area contributed by atoms with Gasteiger partial charge in [-0.05, 0) is 37.1 Å². The predicted molar refractivity (Wildman–Crippen MR) is 157 cm³/mol. The molecule has 0 bridgehead atoms. The van der Waals surface area contributed by atoms with Crippen molar-refractivity contribution in [1.82, 2.24) is 9.88 Å². The largest absolute Gasteiger partial charge is 0.495 e. The summed E-state index contributed by atoms with van der Waals surface area (Å²) in [5, 5.41) is 33.7. The van der Waals surface area contributed by atoms with E-state index in [0.717, 1.165) is 71.9 Å². The smallest absolute Gasteiger partial charge is 0.414 e. The van der Waals surface area contributed by atoms with E-state index in [-0.39, 0.29) is 5.91 Å². The van der Waals surface area contributed by atoms with Crippen LogP contribution in [0.5, 0.6) is 5.75 Å². The van der Waals surface area contributed by atoms with Gasteiger partial charge in [-0.25, -0.2) is 19.2 Å². The van der Waals surface area contributed by atoms with Crippen molar-refractivity contribution < 1.29 is 49.1 Å². The number of nitrogens with one attached hydrogen (secondary N) is 1. The Morgan fingerprint density at radius 2 is 1.37 bits per heavy atom. The second-order valence-electron chi connectivity index (χ2n) is 9.13. The number of fused-ring (bicyclic) bond motifs is 1. The number of methoxy groups -OCH3 is 1. The fourth-order valence-corrected chi connectivity index (χ4v) is 4.28. The predicted octanol–water partition coefficient (Wildman–Crippen LogP) is 2.19. The molecule has 1 aliphatic rings. The van der Waals surface area contributed by atoms with Crippen molar-refractivity contribution >= 4 is 52.1 Å². The van der Waals surface area contributed by atoms with Crippen LogP contribution in [0.15, 0.2) is 48.5 Å². The zero-order chi connectivity index (χ0) is 32.1. The number of nitrogens with zero attached hydrogens (tertiary/aromatic N) is 3. The molecule has 43 heavy (non-hydrogen) atoms. The molecular weight excluding hydrogens is 564 g/mol. The number of carboxylic acid groups (broad SMARTS) is 4. The SMILES string of the molecule is CCc1nc2ccccc2c(NC(=O)CN2CCN(c3ccccc3OC)CC2)c1C.O=C(O)C(=O)O.O=C(O)C(=O)O. The maximum Gasteiger partial charge on any atom is 0.414 e. The highest BCUT2D eigenvalue weighted by molar-refractivity contribution is 6.27. The van der Waals surface area contributed by atoms with Gasteiger partial charge in [0.15, 0.2) is 0 Å². The molecule has 14 heteroatoms. The van der Waals surface area contributed by atoms with Crippen LogP contribution in [0.4, 0.5) is 11.4 Å². The van der Waals surface area contributed by atoms with E-state index in [1.165, 1.54) is 0 Å². The summed E-state index contributed by atoms with van der Waals surface area (Å²) in [5.74, 6) is -6.39. The number of carboxylic acids is 4. The lowest BCUT2D eigenvalue weighted by Crippen LogP contribution is -2.48. The number of hydrogen-bond acceptors (Lipinski definition) is 9. The van der Waals surface area contributed by atoms with Gasteiger partial charge in [0, 0.05) is 37.3 Å². The molecule has 0 aliphatic carbocycles. The Kier molecular flexibility index (Phi) is 12.8. The van der Waals surface area contributed by atoms with E-state index >= 15 is 0 Å². The van der Waals surface area contributed by atoms with Gasteiger partial charge in [0.1, 0.15) is 5.75 Å². The van der Waals surface area contributed by atoms with Crippen LogP contribution < -0.4 is 15.0 Å². The first kappa shape index (κ1) is 34.0. The molecule has 1 amide bonds. The average molecular weight is 599 g/mol. The number of ether oxygens (including phenoxy) is 1. The van der Waals surface area contributed by atoms with E-state index in [9.17, 15) is 4.79 Å². The minimum Gasteiger partial charge on any atom is -0.495 e. The van der Waals surface area contributed by atoms with Gasteiger partial charge in [-0.2, -0.15) is 0 Å². The van der Waals surface area contributed by atoms with Crippen LogP contribution in [-0.2, 0) is 30.4 Å². The van der Waals surface area contributed by atoms with Crippen LogP contribution in [0, 0.1) is 6.92 Å². The normalized spacial score (nSPS) is 12.6. The third kappa shape index (κ3) is 9.97. The van der Waals surface area contributed by atoms with Crippen LogP contribution >= 0.6 is 0 Å².